The number of carbonyl (C=O) groups excluding carboxylic acids is 1. The minimum absolute atomic E-state index is 0.131. The summed E-state index contributed by atoms with van der Waals surface area (Å²) in [4.78, 5) is 15.4. The van der Waals surface area contributed by atoms with Gasteiger partial charge < -0.3 is 4.90 Å². The maximum Gasteiger partial charge on any atom is 0.254 e. The number of hydrogen-bond donors (Lipinski definition) is 0. The summed E-state index contributed by atoms with van der Waals surface area (Å²) in [6.07, 6.45) is 4.36. The molecule has 0 saturated carbocycles. The van der Waals surface area contributed by atoms with Gasteiger partial charge in [0.15, 0.2) is 0 Å². The average molecular weight is 346 g/mol. The van der Waals surface area contributed by atoms with Crippen molar-refractivity contribution in [3.05, 3.63) is 59.2 Å². The van der Waals surface area contributed by atoms with Crippen molar-refractivity contribution in [2.45, 2.75) is 37.6 Å². The van der Waals surface area contributed by atoms with Crippen LogP contribution >= 0.6 is 0 Å². The zero-order chi connectivity index (χ0) is 17.7. The monoisotopic (exact) mass is 346 g/mol. The molecule has 2 atom stereocenters. The third kappa shape index (κ3) is 2.34. The largest absolute Gasteiger partial charge is 0.335 e. The summed E-state index contributed by atoms with van der Waals surface area (Å²) in [7, 11) is 1.87. The number of piperidine rings is 1. The van der Waals surface area contributed by atoms with Crippen molar-refractivity contribution in [3.8, 4) is 0 Å². The van der Waals surface area contributed by atoms with Crippen molar-refractivity contribution in [2.75, 3.05) is 6.54 Å². The third-order valence-corrected chi connectivity index (χ3v) is 6.06. The minimum Gasteiger partial charge on any atom is -0.335 e. The first kappa shape index (κ1) is 15.6. The van der Waals surface area contributed by atoms with Crippen molar-refractivity contribution >= 4 is 16.9 Å². The Labute approximate surface area is 152 Å². The number of rotatable bonds is 1. The van der Waals surface area contributed by atoms with E-state index in [0.717, 1.165) is 42.4 Å². The molecule has 1 unspecified atom stereocenters. The number of carbonyl (C=O) groups is 1. The highest BCUT2D eigenvalue weighted by Crippen LogP contribution is 2.41. The third-order valence-electron chi connectivity index (χ3n) is 6.06. The van der Waals surface area contributed by atoms with Crippen LogP contribution in [0.1, 0.15) is 46.7 Å². The molecule has 5 heteroatoms. The van der Waals surface area contributed by atoms with E-state index in [4.69, 9.17) is 0 Å². The van der Waals surface area contributed by atoms with Crippen molar-refractivity contribution in [2.24, 2.45) is 7.05 Å². The van der Waals surface area contributed by atoms with Crippen LogP contribution in [-0.2, 0) is 13.5 Å². The van der Waals surface area contributed by atoms with Gasteiger partial charge in [-0.15, -0.1) is 5.10 Å². The first-order chi connectivity index (χ1) is 12.7. The van der Waals surface area contributed by atoms with Gasteiger partial charge in [0.25, 0.3) is 5.91 Å². The highest BCUT2D eigenvalue weighted by Gasteiger charge is 2.38. The summed E-state index contributed by atoms with van der Waals surface area (Å²) >= 11 is 0. The van der Waals surface area contributed by atoms with Gasteiger partial charge >= 0.3 is 0 Å². The van der Waals surface area contributed by atoms with Crippen LogP contribution in [0.15, 0.2) is 42.5 Å². The second-order valence-corrected chi connectivity index (χ2v) is 7.47. The van der Waals surface area contributed by atoms with E-state index < -0.39 is 0 Å². The maximum absolute atomic E-state index is 13.3. The fourth-order valence-electron chi connectivity index (χ4n) is 4.80. The molecule has 26 heavy (non-hydrogen) atoms. The topological polar surface area (TPSA) is 51.0 Å². The second-order valence-electron chi connectivity index (χ2n) is 7.47. The lowest BCUT2D eigenvalue weighted by molar-refractivity contribution is 0.0547. The predicted molar refractivity (Wildman–Crippen MR) is 100 cm³/mol. The molecule has 1 amide bonds. The van der Waals surface area contributed by atoms with Crippen LogP contribution in [0.3, 0.4) is 0 Å². The van der Waals surface area contributed by atoms with Gasteiger partial charge in [0.2, 0.25) is 0 Å². The highest BCUT2D eigenvalue weighted by atomic mass is 16.2. The van der Waals surface area contributed by atoms with Gasteiger partial charge in [-0.05, 0) is 55.0 Å². The van der Waals surface area contributed by atoms with E-state index in [0.29, 0.717) is 12.0 Å². The van der Waals surface area contributed by atoms with Gasteiger partial charge in [-0.25, -0.2) is 4.68 Å². The summed E-state index contributed by atoms with van der Waals surface area (Å²) in [5, 5.41) is 8.20. The van der Waals surface area contributed by atoms with Crippen LogP contribution in [0.4, 0.5) is 0 Å². The molecule has 0 radical (unpaired) electrons. The molecule has 2 aromatic carbocycles. The molecule has 1 saturated heterocycles. The SMILES string of the molecule is Cn1nnc2cc(C(=O)N3CCC[C@@H]4c5ccccc5CCC43)ccc21. The van der Waals surface area contributed by atoms with Crippen molar-refractivity contribution < 1.29 is 4.79 Å². The Morgan fingerprint density at radius 2 is 2.04 bits per heavy atom. The summed E-state index contributed by atoms with van der Waals surface area (Å²) in [6, 6.07) is 14.8. The Kier molecular flexibility index (Phi) is 3.55. The zero-order valence-corrected chi connectivity index (χ0v) is 14.9. The van der Waals surface area contributed by atoms with Crippen molar-refractivity contribution in [1.29, 1.82) is 0 Å². The minimum atomic E-state index is 0.131. The maximum atomic E-state index is 13.3. The Morgan fingerprint density at radius 1 is 1.15 bits per heavy atom. The van der Waals surface area contributed by atoms with E-state index in [-0.39, 0.29) is 5.91 Å². The molecule has 0 spiro atoms. The number of aryl methyl sites for hydroxylation is 2. The van der Waals surface area contributed by atoms with Crippen LogP contribution in [0, 0.1) is 0 Å². The smallest absolute Gasteiger partial charge is 0.254 e. The number of likely N-dealkylation sites (tertiary alicyclic amines) is 1. The second kappa shape index (κ2) is 5.94. The molecule has 132 valence electrons. The molecule has 0 bridgehead atoms. The zero-order valence-electron chi connectivity index (χ0n) is 14.9. The highest BCUT2D eigenvalue weighted by molar-refractivity contribution is 5.97. The standard InChI is InChI=1S/C21H22N4O/c1-24-20-11-9-15(13-18(20)22-23-24)21(26)25-12-4-7-17-16-6-3-2-5-14(16)8-10-19(17)25/h2-3,5-6,9,11,13,17,19H,4,7-8,10,12H2,1H3/t17-,19?/m1/s1. The summed E-state index contributed by atoms with van der Waals surface area (Å²) in [5.41, 5.74) is 5.36. The fraction of sp³-hybridized carbons (Fsp3) is 0.381. The number of nitrogens with zero attached hydrogens (tertiary/aromatic N) is 4. The molecular formula is C21H22N4O. The van der Waals surface area contributed by atoms with E-state index in [9.17, 15) is 4.79 Å². The quantitative estimate of drug-likeness (QED) is 0.679. The van der Waals surface area contributed by atoms with E-state index in [1.807, 2.05) is 25.2 Å². The average Bonchev–Trinajstić information content (AvgIpc) is 3.07. The summed E-state index contributed by atoms with van der Waals surface area (Å²) in [6.45, 7) is 0.848. The Hall–Kier alpha value is -2.69. The van der Waals surface area contributed by atoms with Crippen LogP contribution in [0.5, 0.6) is 0 Å². The van der Waals surface area contributed by atoms with Gasteiger partial charge in [0.1, 0.15) is 5.52 Å². The first-order valence-corrected chi connectivity index (χ1v) is 9.40. The summed E-state index contributed by atoms with van der Waals surface area (Å²) in [5.74, 6) is 0.601. The molecular weight excluding hydrogens is 324 g/mol. The molecule has 5 nitrogen and oxygen atoms in total. The van der Waals surface area contributed by atoms with Crippen LogP contribution in [0.2, 0.25) is 0 Å². The van der Waals surface area contributed by atoms with Crippen LogP contribution in [0.25, 0.3) is 11.0 Å². The molecule has 2 aliphatic rings. The lowest BCUT2D eigenvalue weighted by atomic mass is 9.74. The van der Waals surface area contributed by atoms with Crippen molar-refractivity contribution in [1.82, 2.24) is 19.9 Å². The lowest BCUT2D eigenvalue weighted by Crippen LogP contribution is -2.49. The molecule has 0 N–H and O–H groups in total. The van der Waals surface area contributed by atoms with Crippen molar-refractivity contribution in [3.63, 3.8) is 0 Å². The number of amides is 1. The van der Waals surface area contributed by atoms with Gasteiger partial charge in [-0.1, -0.05) is 29.5 Å². The van der Waals surface area contributed by atoms with Gasteiger partial charge in [0, 0.05) is 31.1 Å². The van der Waals surface area contributed by atoms with E-state index in [2.05, 4.69) is 39.5 Å². The normalized spacial score (nSPS) is 22.1. The number of fused-ring (bicyclic) bond motifs is 4. The molecule has 1 aromatic heterocycles. The van der Waals surface area contributed by atoms with E-state index in [1.165, 1.54) is 17.5 Å². The Morgan fingerprint density at radius 3 is 2.96 bits per heavy atom. The van der Waals surface area contributed by atoms with Gasteiger partial charge in [0.05, 0.1) is 5.52 Å². The van der Waals surface area contributed by atoms with Gasteiger partial charge in [-0.3, -0.25) is 4.79 Å². The Bertz CT molecular complexity index is 993. The number of benzene rings is 2. The van der Waals surface area contributed by atoms with E-state index in [1.54, 1.807) is 4.68 Å². The predicted octanol–water partition coefficient (Wildman–Crippen LogP) is 3.30. The number of hydrogen-bond acceptors (Lipinski definition) is 3. The first-order valence-electron chi connectivity index (χ1n) is 9.40. The molecule has 1 fully saturated rings. The van der Waals surface area contributed by atoms with E-state index >= 15 is 0 Å². The summed E-state index contributed by atoms with van der Waals surface area (Å²) < 4.78 is 1.73. The number of aromatic nitrogens is 3. The fourth-order valence-corrected chi connectivity index (χ4v) is 4.80. The molecule has 5 rings (SSSR count). The molecule has 3 aromatic rings. The van der Waals surface area contributed by atoms with Crippen LogP contribution in [-0.4, -0.2) is 38.4 Å². The molecule has 1 aliphatic carbocycles. The molecule has 1 aliphatic heterocycles. The van der Waals surface area contributed by atoms with Crippen LogP contribution < -0.4 is 0 Å². The molecule has 2 heterocycles. The van der Waals surface area contributed by atoms with Gasteiger partial charge in [-0.2, -0.15) is 0 Å². The Balaban J connectivity index is 1.48. The lowest BCUT2D eigenvalue weighted by Gasteiger charge is -2.45.